The van der Waals surface area contributed by atoms with Crippen molar-refractivity contribution in [2.24, 2.45) is 46.3 Å². The van der Waals surface area contributed by atoms with Crippen molar-refractivity contribution in [2.75, 3.05) is 5.32 Å². The first-order valence-corrected chi connectivity index (χ1v) is 16.2. The Morgan fingerprint density at radius 2 is 1.89 bits per heavy atom. The number of fused-ring (bicyclic) bond motifs is 6. The fraction of sp³-hybridized carbons (Fsp3) is 0.871. The highest BCUT2D eigenvalue weighted by molar-refractivity contribution is 7.15. The number of nitrogens with one attached hydrogen (secondary N) is 1. The van der Waals surface area contributed by atoms with Gasteiger partial charge in [0, 0.05) is 11.3 Å². The summed E-state index contributed by atoms with van der Waals surface area (Å²) in [5.41, 5.74) is 1.44. The van der Waals surface area contributed by atoms with Crippen LogP contribution in [0.2, 0.25) is 0 Å². The van der Waals surface area contributed by atoms with Gasteiger partial charge in [-0.2, -0.15) is 0 Å². The van der Waals surface area contributed by atoms with Crippen LogP contribution in [0.5, 0.6) is 0 Å². The van der Waals surface area contributed by atoms with Crippen LogP contribution >= 0.6 is 11.3 Å². The quantitative estimate of drug-likeness (QED) is 0.415. The second-order valence-electron chi connectivity index (χ2n) is 14.0. The number of carbonyl (C=O) groups excluding carboxylic acids is 1. The first kappa shape index (κ1) is 26.3. The number of carbonyl (C=O) groups is 1. The Hall–Kier alpha value is -0.980. The fourth-order valence-electron chi connectivity index (χ4n) is 10.3. The van der Waals surface area contributed by atoms with E-state index >= 15 is 0 Å². The van der Waals surface area contributed by atoms with E-state index in [2.05, 4.69) is 31.1 Å². The Kier molecular flexibility index (Phi) is 7.02. The Labute approximate surface area is 227 Å². The number of amides is 1. The summed E-state index contributed by atoms with van der Waals surface area (Å²) < 4.78 is 0. The standard InChI is InChI=1S/C31H48N2O3S/c1-18(8-13-28(36)33-29-32-25-6-4-5-7-26(25)37-29)22-11-12-23-21-10-9-19-16-20(34)14-15-30(19,2)24(21)17-27(35)31(22,23)3/h18-24,27,34-35H,4-17H2,1-3H3,(H,32,33,36)/t18-,19+,20-,21+,22+,23-,24-,27+,30+,31-/m1/s1. The highest BCUT2D eigenvalue weighted by Gasteiger charge is 2.63. The van der Waals surface area contributed by atoms with E-state index in [1.165, 1.54) is 49.1 Å². The Bertz CT molecular complexity index is 987. The molecule has 5 aliphatic carbocycles. The minimum absolute atomic E-state index is 0.0389. The maximum Gasteiger partial charge on any atom is 0.226 e. The highest BCUT2D eigenvalue weighted by Crippen LogP contribution is 2.68. The summed E-state index contributed by atoms with van der Waals surface area (Å²) in [7, 11) is 0. The molecule has 6 rings (SSSR count). The Morgan fingerprint density at radius 3 is 2.70 bits per heavy atom. The van der Waals surface area contributed by atoms with Crippen LogP contribution < -0.4 is 5.32 Å². The first-order valence-electron chi connectivity index (χ1n) is 15.3. The molecular formula is C31H48N2O3S. The third kappa shape index (κ3) is 4.41. The minimum Gasteiger partial charge on any atom is -0.393 e. The molecule has 0 saturated heterocycles. The van der Waals surface area contributed by atoms with Crippen molar-refractivity contribution in [1.29, 1.82) is 0 Å². The largest absolute Gasteiger partial charge is 0.393 e. The topological polar surface area (TPSA) is 82.5 Å². The third-order valence-corrected chi connectivity index (χ3v) is 13.5. The van der Waals surface area contributed by atoms with Gasteiger partial charge in [-0.3, -0.25) is 4.79 Å². The van der Waals surface area contributed by atoms with E-state index < -0.39 is 0 Å². The molecule has 0 aromatic carbocycles. The SMILES string of the molecule is C[C@H](CCC(=O)Nc1nc2c(s1)CCCC2)[C@@H]1CC[C@@H]2[C@@H]3CC[C@H]4C[C@H](O)CC[C@]4(C)[C@@H]3C[C@H](O)[C@@]21C. The molecule has 0 bridgehead atoms. The van der Waals surface area contributed by atoms with E-state index in [1.807, 2.05) is 0 Å². The van der Waals surface area contributed by atoms with Crippen LogP contribution in [-0.4, -0.2) is 33.3 Å². The predicted octanol–water partition coefficient (Wildman–Crippen LogP) is 6.37. The molecule has 1 amide bonds. The summed E-state index contributed by atoms with van der Waals surface area (Å²) in [6.45, 7) is 7.21. The maximum absolute atomic E-state index is 12.8. The molecule has 5 nitrogen and oxygen atoms in total. The number of aryl methyl sites for hydroxylation is 2. The lowest BCUT2D eigenvalue weighted by Crippen LogP contribution is -2.58. The number of anilines is 1. The van der Waals surface area contributed by atoms with Crippen LogP contribution in [0.25, 0.3) is 0 Å². The number of aliphatic hydroxyl groups is 2. The van der Waals surface area contributed by atoms with Crippen molar-refractivity contribution in [2.45, 2.75) is 123 Å². The summed E-state index contributed by atoms with van der Waals surface area (Å²) in [5, 5.41) is 26.0. The van der Waals surface area contributed by atoms with E-state index in [-0.39, 0.29) is 28.9 Å². The van der Waals surface area contributed by atoms with Gasteiger partial charge in [-0.25, -0.2) is 4.98 Å². The van der Waals surface area contributed by atoms with Gasteiger partial charge in [-0.15, -0.1) is 11.3 Å². The van der Waals surface area contributed by atoms with Crippen LogP contribution in [0.1, 0.15) is 108 Å². The second kappa shape index (κ2) is 9.89. The van der Waals surface area contributed by atoms with Gasteiger partial charge in [0.05, 0.1) is 17.9 Å². The molecule has 6 heteroatoms. The lowest BCUT2D eigenvalue weighted by atomic mass is 9.43. The average Bonchev–Trinajstić information content (AvgIpc) is 3.45. The fourth-order valence-corrected chi connectivity index (χ4v) is 11.4. The van der Waals surface area contributed by atoms with Gasteiger partial charge in [-0.05, 0) is 130 Å². The molecule has 0 aliphatic heterocycles. The predicted molar refractivity (Wildman–Crippen MR) is 148 cm³/mol. The minimum atomic E-state index is -0.258. The van der Waals surface area contributed by atoms with Crippen LogP contribution in [-0.2, 0) is 17.6 Å². The molecular weight excluding hydrogens is 480 g/mol. The second-order valence-corrected chi connectivity index (χ2v) is 15.1. The zero-order valence-electron chi connectivity index (χ0n) is 23.2. The summed E-state index contributed by atoms with van der Waals surface area (Å²) in [6.07, 6.45) is 14.5. The van der Waals surface area contributed by atoms with Gasteiger partial charge in [0.15, 0.2) is 5.13 Å². The van der Waals surface area contributed by atoms with Gasteiger partial charge >= 0.3 is 0 Å². The lowest BCUT2D eigenvalue weighted by Gasteiger charge is -2.62. The van der Waals surface area contributed by atoms with Crippen LogP contribution in [0.15, 0.2) is 0 Å². The molecule has 3 N–H and O–H groups in total. The zero-order chi connectivity index (χ0) is 25.9. The summed E-state index contributed by atoms with van der Waals surface area (Å²) in [5.74, 6) is 3.51. The molecule has 37 heavy (non-hydrogen) atoms. The van der Waals surface area contributed by atoms with Gasteiger partial charge in [0.2, 0.25) is 5.91 Å². The van der Waals surface area contributed by atoms with E-state index in [0.717, 1.165) is 50.1 Å². The molecule has 5 aliphatic rings. The normalized spacial score (nSPS) is 43.8. The van der Waals surface area contributed by atoms with E-state index in [9.17, 15) is 15.0 Å². The van der Waals surface area contributed by atoms with Crippen molar-refractivity contribution in [1.82, 2.24) is 4.98 Å². The molecule has 4 saturated carbocycles. The van der Waals surface area contributed by atoms with E-state index in [4.69, 9.17) is 0 Å². The molecule has 0 unspecified atom stereocenters. The number of hydrogen-bond acceptors (Lipinski definition) is 5. The maximum atomic E-state index is 12.8. The smallest absolute Gasteiger partial charge is 0.226 e. The average molecular weight is 529 g/mol. The van der Waals surface area contributed by atoms with Crippen molar-refractivity contribution in [3.63, 3.8) is 0 Å². The van der Waals surface area contributed by atoms with Crippen LogP contribution in [0.3, 0.4) is 0 Å². The molecule has 1 heterocycles. The first-order chi connectivity index (χ1) is 17.7. The molecule has 4 fully saturated rings. The molecule has 0 spiro atoms. The zero-order valence-corrected chi connectivity index (χ0v) is 24.0. The monoisotopic (exact) mass is 528 g/mol. The van der Waals surface area contributed by atoms with E-state index in [0.29, 0.717) is 41.9 Å². The summed E-state index contributed by atoms with van der Waals surface area (Å²) in [6, 6.07) is 0. The van der Waals surface area contributed by atoms with Crippen LogP contribution in [0.4, 0.5) is 5.13 Å². The molecule has 1 aromatic heterocycles. The summed E-state index contributed by atoms with van der Waals surface area (Å²) >= 11 is 1.67. The molecule has 1 aromatic rings. The Morgan fingerprint density at radius 1 is 1.08 bits per heavy atom. The number of nitrogens with zero attached hydrogens (tertiary/aromatic N) is 1. The van der Waals surface area contributed by atoms with Gasteiger partial charge in [-0.1, -0.05) is 20.8 Å². The molecule has 10 atom stereocenters. The number of hydrogen-bond donors (Lipinski definition) is 3. The van der Waals surface area contributed by atoms with Crippen molar-refractivity contribution >= 4 is 22.4 Å². The highest BCUT2D eigenvalue weighted by atomic mass is 32.1. The van der Waals surface area contributed by atoms with Gasteiger partial charge < -0.3 is 15.5 Å². The lowest BCUT2D eigenvalue weighted by molar-refractivity contribution is -0.174. The van der Waals surface area contributed by atoms with Crippen molar-refractivity contribution in [3.8, 4) is 0 Å². The van der Waals surface area contributed by atoms with Gasteiger partial charge in [0.1, 0.15) is 0 Å². The molecule has 0 radical (unpaired) electrons. The third-order valence-electron chi connectivity index (χ3n) is 12.4. The molecule has 206 valence electrons. The summed E-state index contributed by atoms with van der Waals surface area (Å²) in [4.78, 5) is 18.9. The van der Waals surface area contributed by atoms with Crippen molar-refractivity contribution in [3.05, 3.63) is 10.6 Å². The van der Waals surface area contributed by atoms with Crippen molar-refractivity contribution < 1.29 is 15.0 Å². The van der Waals surface area contributed by atoms with E-state index in [1.54, 1.807) is 11.3 Å². The Balaban J connectivity index is 1.10. The number of thiazole rings is 1. The number of aliphatic hydroxyl groups excluding tert-OH is 2. The number of rotatable bonds is 5. The number of aromatic nitrogens is 1. The van der Waals surface area contributed by atoms with Crippen LogP contribution in [0, 0.1) is 46.3 Å². The van der Waals surface area contributed by atoms with Gasteiger partial charge in [0.25, 0.3) is 0 Å².